The van der Waals surface area contributed by atoms with Gasteiger partial charge in [0.05, 0.1) is 13.1 Å². The minimum atomic E-state index is -1.22. The number of unbranched alkanes of at least 4 members (excludes halogenated alkanes) is 30. The van der Waals surface area contributed by atoms with Crippen LogP contribution in [0.25, 0.3) is 0 Å². The summed E-state index contributed by atoms with van der Waals surface area (Å²) < 4.78 is 0. The van der Waals surface area contributed by atoms with Crippen LogP contribution in [-0.2, 0) is 0 Å². The van der Waals surface area contributed by atoms with Crippen LogP contribution in [0, 0.1) is 0 Å². The highest BCUT2D eigenvalue weighted by atomic mass is 14.8. The molecular formula is C60H96BN. The van der Waals surface area contributed by atoms with Gasteiger partial charge < -0.3 is 5.32 Å². The summed E-state index contributed by atoms with van der Waals surface area (Å²) in [5.41, 5.74) is 5.36. The van der Waals surface area contributed by atoms with Gasteiger partial charge in [-0.1, -0.05) is 315 Å². The standard InChI is InChI=1S/C36H75N.C24H20B/c1-3-5-7-9-11-13-15-17-19-21-23-25-27-29-31-33-35-37-36-34-32-30-28-26-24-22-20-18-16-14-12-10-8-6-4-2;1-5-13-21(14-6-1)25(22-15-7-2-8-16-22,23-17-9-3-10-18-23)24-19-11-4-12-20-24/h37H,3-36H2,1-2H3;1-20H/q;-1/p+1. The van der Waals surface area contributed by atoms with E-state index in [2.05, 4.69) is 140 Å². The molecule has 0 atom stereocenters. The van der Waals surface area contributed by atoms with Gasteiger partial charge in [0.15, 0.2) is 0 Å². The Morgan fingerprint density at radius 2 is 0.419 bits per heavy atom. The minimum Gasteiger partial charge on any atom is -0.346 e. The lowest BCUT2D eigenvalue weighted by molar-refractivity contribution is -0.655. The van der Waals surface area contributed by atoms with Gasteiger partial charge in [0.1, 0.15) is 6.15 Å². The molecule has 0 aromatic heterocycles. The van der Waals surface area contributed by atoms with Crippen molar-refractivity contribution in [3.05, 3.63) is 121 Å². The summed E-state index contributed by atoms with van der Waals surface area (Å²) in [5, 5.41) is 2.59. The summed E-state index contributed by atoms with van der Waals surface area (Å²) in [6, 6.07) is 43.5. The van der Waals surface area contributed by atoms with Crippen LogP contribution in [-0.4, -0.2) is 19.2 Å². The number of nitrogens with two attached hydrogens (primary N) is 1. The first-order valence-corrected chi connectivity index (χ1v) is 27.0. The van der Waals surface area contributed by atoms with Crippen LogP contribution in [0.2, 0.25) is 0 Å². The maximum Gasteiger partial charge on any atom is 0.108 e. The van der Waals surface area contributed by atoms with Crippen LogP contribution in [0.3, 0.4) is 0 Å². The van der Waals surface area contributed by atoms with Gasteiger partial charge in [-0.05, 0) is 25.7 Å². The zero-order valence-corrected chi connectivity index (χ0v) is 40.7. The van der Waals surface area contributed by atoms with E-state index in [0.29, 0.717) is 0 Å². The van der Waals surface area contributed by atoms with Crippen LogP contribution in [0.1, 0.15) is 219 Å². The summed E-state index contributed by atoms with van der Waals surface area (Å²) in [7, 11) is 0. The molecule has 2 heteroatoms. The smallest absolute Gasteiger partial charge is 0.108 e. The van der Waals surface area contributed by atoms with Crippen molar-refractivity contribution in [2.45, 2.75) is 219 Å². The highest BCUT2D eigenvalue weighted by Gasteiger charge is 2.31. The largest absolute Gasteiger partial charge is 0.346 e. The Hall–Kier alpha value is -3.10. The van der Waals surface area contributed by atoms with Crippen LogP contribution < -0.4 is 27.2 Å². The van der Waals surface area contributed by atoms with Crippen LogP contribution in [0.5, 0.6) is 0 Å². The van der Waals surface area contributed by atoms with Crippen molar-refractivity contribution < 1.29 is 5.32 Å². The molecule has 2 N–H and O–H groups in total. The normalized spacial score (nSPS) is 11.4. The number of quaternary nitrogens is 1. The van der Waals surface area contributed by atoms with Gasteiger partial charge in [-0.2, -0.15) is 21.9 Å². The number of rotatable bonds is 38. The van der Waals surface area contributed by atoms with E-state index in [-0.39, 0.29) is 0 Å². The number of hydrogen-bond donors (Lipinski definition) is 1. The molecule has 0 bridgehead atoms. The summed E-state index contributed by atoms with van der Waals surface area (Å²) in [6.07, 6.45) is 45.8. The monoisotopic (exact) mass is 842 g/mol. The summed E-state index contributed by atoms with van der Waals surface area (Å²) in [6.45, 7) is 7.36. The van der Waals surface area contributed by atoms with Gasteiger partial charge in [-0.25, -0.2) is 0 Å². The predicted molar refractivity (Wildman–Crippen MR) is 281 cm³/mol. The van der Waals surface area contributed by atoms with E-state index < -0.39 is 6.15 Å². The fraction of sp³-hybridized carbons (Fsp3) is 0.600. The molecule has 4 aromatic rings. The Morgan fingerprint density at radius 1 is 0.242 bits per heavy atom. The zero-order valence-electron chi connectivity index (χ0n) is 40.7. The van der Waals surface area contributed by atoms with Gasteiger partial charge in [-0.15, -0.1) is 0 Å². The van der Waals surface area contributed by atoms with Gasteiger partial charge >= 0.3 is 0 Å². The quantitative estimate of drug-likeness (QED) is 0.0342. The predicted octanol–water partition coefficient (Wildman–Crippen LogP) is 15.1. The molecule has 4 rings (SSSR count). The van der Waals surface area contributed by atoms with Gasteiger partial charge in [0.25, 0.3) is 0 Å². The highest BCUT2D eigenvalue weighted by molar-refractivity contribution is 7.19. The molecule has 0 heterocycles. The average molecular weight is 842 g/mol. The minimum absolute atomic E-state index is 1.22. The first kappa shape index (κ1) is 53.2. The number of benzene rings is 4. The maximum atomic E-state index is 2.59. The summed E-state index contributed by atoms with van der Waals surface area (Å²) in [5.74, 6) is 0. The molecule has 0 aliphatic carbocycles. The first-order valence-electron chi connectivity index (χ1n) is 27.0. The second-order valence-corrected chi connectivity index (χ2v) is 19.0. The number of hydrogen-bond acceptors (Lipinski definition) is 0. The molecule has 0 unspecified atom stereocenters. The second kappa shape index (κ2) is 38.4. The third-order valence-electron chi connectivity index (χ3n) is 13.7. The summed E-state index contributed by atoms with van der Waals surface area (Å²) >= 11 is 0. The van der Waals surface area contributed by atoms with Crippen molar-refractivity contribution >= 4 is 28.0 Å². The van der Waals surface area contributed by atoms with E-state index in [0.717, 1.165) is 0 Å². The molecule has 1 nitrogen and oxygen atoms in total. The lowest BCUT2D eigenvalue weighted by Gasteiger charge is -2.44. The summed E-state index contributed by atoms with van der Waals surface area (Å²) in [4.78, 5) is 0. The molecule has 0 aliphatic rings. The molecule has 344 valence electrons. The Bertz CT molecular complexity index is 1290. The van der Waals surface area contributed by atoms with Crippen LogP contribution >= 0.6 is 0 Å². The van der Waals surface area contributed by atoms with E-state index in [1.165, 1.54) is 240 Å². The Morgan fingerprint density at radius 3 is 0.613 bits per heavy atom. The SMILES string of the molecule is CCCCCCCCCCCCCCCCCC[NH2+]CCCCCCCCCCCCCCCCCC.c1ccc([B-](c2ccccc2)(c2ccccc2)c2ccccc2)cc1. The third kappa shape index (κ3) is 23.5. The molecule has 0 amide bonds. The molecular weight excluding hydrogens is 745 g/mol. The molecule has 0 saturated carbocycles. The van der Waals surface area contributed by atoms with Crippen molar-refractivity contribution in [2.75, 3.05) is 13.1 Å². The zero-order chi connectivity index (χ0) is 43.7. The van der Waals surface area contributed by atoms with Gasteiger partial charge in [0, 0.05) is 0 Å². The van der Waals surface area contributed by atoms with Gasteiger partial charge in [0.2, 0.25) is 0 Å². The van der Waals surface area contributed by atoms with Crippen molar-refractivity contribution in [1.82, 2.24) is 0 Å². The first-order chi connectivity index (χ1) is 30.8. The van der Waals surface area contributed by atoms with E-state index in [1.54, 1.807) is 0 Å². The van der Waals surface area contributed by atoms with Gasteiger partial charge in [-0.3, -0.25) is 0 Å². The second-order valence-electron chi connectivity index (χ2n) is 19.0. The lowest BCUT2D eigenvalue weighted by Crippen LogP contribution is -2.84. The van der Waals surface area contributed by atoms with E-state index in [1.807, 2.05) is 0 Å². The molecule has 0 saturated heterocycles. The molecule has 0 spiro atoms. The molecule has 0 fully saturated rings. The molecule has 62 heavy (non-hydrogen) atoms. The topological polar surface area (TPSA) is 16.6 Å². The van der Waals surface area contributed by atoms with E-state index in [9.17, 15) is 0 Å². The van der Waals surface area contributed by atoms with Crippen LogP contribution in [0.15, 0.2) is 121 Å². The van der Waals surface area contributed by atoms with E-state index >= 15 is 0 Å². The van der Waals surface area contributed by atoms with Crippen molar-refractivity contribution in [3.8, 4) is 0 Å². The van der Waals surface area contributed by atoms with Crippen molar-refractivity contribution in [1.29, 1.82) is 0 Å². The maximum absolute atomic E-state index is 2.59. The highest BCUT2D eigenvalue weighted by Crippen LogP contribution is 2.16. The Kier molecular flexibility index (Phi) is 33.0. The Labute approximate surface area is 385 Å². The van der Waals surface area contributed by atoms with Crippen molar-refractivity contribution in [2.24, 2.45) is 0 Å². The molecule has 0 radical (unpaired) electrons. The fourth-order valence-electron chi connectivity index (χ4n) is 9.94. The average Bonchev–Trinajstić information content (AvgIpc) is 3.32. The Balaban J connectivity index is 0.000000351. The lowest BCUT2D eigenvalue weighted by atomic mass is 9.13. The van der Waals surface area contributed by atoms with E-state index in [4.69, 9.17) is 0 Å². The third-order valence-corrected chi connectivity index (χ3v) is 13.7. The van der Waals surface area contributed by atoms with Crippen molar-refractivity contribution in [3.63, 3.8) is 0 Å². The molecule has 4 aromatic carbocycles. The fourth-order valence-corrected chi connectivity index (χ4v) is 9.94. The van der Waals surface area contributed by atoms with Crippen LogP contribution in [0.4, 0.5) is 0 Å². The molecule has 0 aliphatic heterocycles.